The average Bonchev–Trinajstić information content (AvgIpc) is 3.36. The van der Waals surface area contributed by atoms with Gasteiger partial charge in [-0.25, -0.2) is 4.68 Å². The van der Waals surface area contributed by atoms with E-state index in [-0.39, 0.29) is 5.91 Å². The summed E-state index contributed by atoms with van der Waals surface area (Å²) in [4.78, 5) is 12.8. The maximum atomic E-state index is 12.8. The first-order valence-corrected chi connectivity index (χ1v) is 7.81. The zero-order valence-corrected chi connectivity index (χ0v) is 13.3. The Bertz CT molecular complexity index is 990. The Kier molecular flexibility index (Phi) is 3.84. The fourth-order valence-corrected chi connectivity index (χ4v) is 2.66. The summed E-state index contributed by atoms with van der Waals surface area (Å²) in [5.74, 6) is -0.187. The van der Waals surface area contributed by atoms with Gasteiger partial charge in [0.15, 0.2) is 0 Å². The Labute approximate surface area is 144 Å². The molecule has 0 spiro atoms. The molecule has 0 saturated carbocycles. The van der Waals surface area contributed by atoms with E-state index in [0.29, 0.717) is 11.3 Å². The minimum atomic E-state index is -0.187. The Hall–Kier alpha value is -3.67. The normalized spacial score (nSPS) is 10.6. The van der Waals surface area contributed by atoms with Crippen LogP contribution in [0.5, 0.6) is 0 Å². The number of para-hydroxylation sites is 1. The number of benzene rings is 2. The van der Waals surface area contributed by atoms with Gasteiger partial charge in [-0.2, -0.15) is 10.2 Å². The number of nitrogens with zero attached hydrogens (tertiary/aromatic N) is 3. The summed E-state index contributed by atoms with van der Waals surface area (Å²) in [5, 5.41) is 14.0. The number of rotatable bonds is 4. The second kappa shape index (κ2) is 6.45. The van der Waals surface area contributed by atoms with Crippen molar-refractivity contribution in [3.05, 3.63) is 84.8 Å². The number of carbonyl (C=O) groups excluding carboxylic acids is 1. The number of carbonyl (C=O) groups is 1. The van der Waals surface area contributed by atoms with Gasteiger partial charge in [0.1, 0.15) is 0 Å². The van der Waals surface area contributed by atoms with Gasteiger partial charge in [0.2, 0.25) is 0 Å². The highest BCUT2D eigenvalue weighted by Crippen LogP contribution is 2.21. The topological polar surface area (TPSA) is 75.6 Å². The first kappa shape index (κ1) is 14.9. The second-order valence-corrected chi connectivity index (χ2v) is 5.47. The minimum absolute atomic E-state index is 0.187. The van der Waals surface area contributed by atoms with Crippen molar-refractivity contribution in [2.24, 2.45) is 0 Å². The summed E-state index contributed by atoms with van der Waals surface area (Å²) < 4.78 is 1.68. The van der Waals surface area contributed by atoms with E-state index in [0.717, 1.165) is 16.9 Å². The van der Waals surface area contributed by atoms with Crippen LogP contribution in [0.4, 0.5) is 5.69 Å². The first-order chi connectivity index (χ1) is 12.3. The molecular weight excluding hydrogens is 314 g/mol. The fraction of sp³-hybridized carbons (Fsp3) is 0. The van der Waals surface area contributed by atoms with Crippen molar-refractivity contribution >= 4 is 11.6 Å². The van der Waals surface area contributed by atoms with E-state index in [1.165, 1.54) is 0 Å². The summed E-state index contributed by atoms with van der Waals surface area (Å²) in [5.41, 5.74) is 3.85. The van der Waals surface area contributed by atoms with Crippen LogP contribution in [-0.4, -0.2) is 25.9 Å². The van der Waals surface area contributed by atoms with Gasteiger partial charge < -0.3 is 5.32 Å². The molecule has 0 bridgehead atoms. The van der Waals surface area contributed by atoms with Crippen LogP contribution in [0.2, 0.25) is 0 Å². The van der Waals surface area contributed by atoms with Gasteiger partial charge in [0.25, 0.3) is 5.91 Å². The smallest absolute Gasteiger partial charge is 0.257 e. The predicted molar refractivity (Wildman–Crippen MR) is 95.5 cm³/mol. The van der Waals surface area contributed by atoms with E-state index in [9.17, 15) is 4.79 Å². The molecule has 6 heteroatoms. The van der Waals surface area contributed by atoms with Crippen molar-refractivity contribution < 1.29 is 4.79 Å². The molecule has 0 aliphatic rings. The molecule has 2 aromatic carbocycles. The molecule has 0 aliphatic carbocycles. The summed E-state index contributed by atoms with van der Waals surface area (Å²) in [6, 6.07) is 18.7. The van der Waals surface area contributed by atoms with Crippen LogP contribution in [0.3, 0.4) is 0 Å². The van der Waals surface area contributed by atoms with Gasteiger partial charge in [0, 0.05) is 29.8 Å². The lowest BCUT2D eigenvalue weighted by Crippen LogP contribution is -2.15. The third-order valence-corrected chi connectivity index (χ3v) is 3.83. The number of hydrogen-bond donors (Lipinski definition) is 2. The van der Waals surface area contributed by atoms with Gasteiger partial charge in [0.05, 0.1) is 16.9 Å². The third kappa shape index (κ3) is 3.05. The number of anilines is 1. The van der Waals surface area contributed by atoms with Crippen LogP contribution in [0.25, 0.3) is 16.9 Å². The van der Waals surface area contributed by atoms with Crippen molar-refractivity contribution in [1.82, 2.24) is 20.0 Å². The van der Waals surface area contributed by atoms with Crippen molar-refractivity contribution in [3.8, 4) is 16.9 Å². The zero-order valence-electron chi connectivity index (χ0n) is 13.3. The van der Waals surface area contributed by atoms with E-state index >= 15 is 0 Å². The molecule has 122 valence electrons. The first-order valence-electron chi connectivity index (χ1n) is 7.81. The predicted octanol–water partition coefficient (Wildman–Crippen LogP) is 3.51. The molecule has 25 heavy (non-hydrogen) atoms. The quantitative estimate of drug-likeness (QED) is 0.601. The van der Waals surface area contributed by atoms with Crippen LogP contribution < -0.4 is 5.32 Å². The SMILES string of the molecule is O=C(Nc1cccc(-c2ccn[nH]2)c1)c1ccccc1-n1cccn1. The van der Waals surface area contributed by atoms with Crippen LogP contribution in [-0.2, 0) is 0 Å². The van der Waals surface area contributed by atoms with Crippen molar-refractivity contribution in [1.29, 1.82) is 0 Å². The largest absolute Gasteiger partial charge is 0.322 e. The fourth-order valence-electron chi connectivity index (χ4n) is 2.66. The van der Waals surface area contributed by atoms with E-state index in [4.69, 9.17) is 0 Å². The third-order valence-electron chi connectivity index (χ3n) is 3.83. The van der Waals surface area contributed by atoms with Gasteiger partial charge in [-0.15, -0.1) is 0 Å². The number of hydrogen-bond acceptors (Lipinski definition) is 3. The molecule has 0 atom stereocenters. The van der Waals surface area contributed by atoms with E-state index in [1.807, 2.05) is 60.8 Å². The average molecular weight is 329 g/mol. The van der Waals surface area contributed by atoms with Crippen LogP contribution >= 0.6 is 0 Å². The molecule has 0 radical (unpaired) electrons. The molecule has 4 rings (SSSR count). The summed E-state index contributed by atoms with van der Waals surface area (Å²) >= 11 is 0. The Morgan fingerprint density at radius 3 is 2.72 bits per heavy atom. The van der Waals surface area contributed by atoms with E-state index in [2.05, 4.69) is 20.6 Å². The summed E-state index contributed by atoms with van der Waals surface area (Å²) in [6.07, 6.45) is 5.19. The summed E-state index contributed by atoms with van der Waals surface area (Å²) in [7, 11) is 0. The maximum absolute atomic E-state index is 12.8. The van der Waals surface area contributed by atoms with Crippen LogP contribution in [0, 0.1) is 0 Å². The lowest BCUT2D eigenvalue weighted by molar-refractivity contribution is 0.102. The minimum Gasteiger partial charge on any atom is -0.322 e. The number of aromatic nitrogens is 4. The molecule has 6 nitrogen and oxygen atoms in total. The van der Waals surface area contributed by atoms with Crippen molar-refractivity contribution in [3.63, 3.8) is 0 Å². The van der Waals surface area contributed by atoms with Crippen molar-refractivity contribution in [2.45, 2.75) is 0 Å². The second-order valence-electron chi connectivity index (χ2n) is 5.47. The van der Waals surface area contributed by atoms with Crippen LogP contribution in [0.1, 0.15) is 10.4 Å². The van der Waals surface area contributed by atoms with Gasteiger partial charge in [-0.1, -0.05) is 24.3 Å². The standard InChI is InChI=1S/C19H15N5O/c25-19(16-7-1-2-8-18(16)24-12-4-10-21-24)22-15-6-3-5-14(13-15)17-9-11-20-23-17/h1-13H,(H,20,23)(H,22,25). The number of amides is 1. The molecule has 2 heterocycles. The van der Waals surface area contributed by atoms with Gasteiger partial charge >= 0.3 is 0 Å². The molecule has 2 aromatic heterocycles. The molecule has 0 unspecified atom stereocenters. The Balaban J connectivity index is 1.63. The molecule has 1 amide bonds. The lowest BCUT2D eigenvalue weighted by atomic mass is 10.1. The molecular formula is C19H15N5O. The monoisotopic (exact) mass is 329 g/mol. The number of H-pyrrole nitrogens is 1. The lowest BCUT2D eigenvalue weighted by Gasteiger charge is -2.11. The van der Waals surface area contributed by atoms with E-state index in [1.54, 1.807) is 23.1 Å². The Morgan fingerprint density at radius 1 is 1.00 bits per heavy atom. The highest BCUT2D eigenvalue weighted by Gasteiger charge is 2.13. The zero-order chi connectivity index (χ0) is 17.1. The number of nitrogens with one attached hydrogen (secondary N) is 2. The van der Waals surface area contributed by atoms with Crippen LogP contribution in [0.15, 0.2) is 79.3 Å². The van der Waals surface area contributed by atoms with E-state index < -0.39 is 0 Å². The summed E-state index contributed by atoms with van der Waals surface area (Å²) in [6.45, 7) is 0. The number of aromatic amines is 1. The molecule has 0 aliphatic heterocycles. The molecule has 2 N–H and O–H groups in total. The van der Waals surface area contributed by atoms with Gasteiger partial charge in [-0.05, 0) is 36.4 Å². The highest BCUT2D eigenvalue weighted by molar-refractivity contribution is 6.06. The molecule has 4 aromatic rings. The maximum Gasteiger partial charge on any atom is 0.257 e. The Morgan fingerprint density at radius 2 is 1.92 bits per heavy atom. The highest BCUT2D eigenvalue weighted by atomic mass is 16.1. The van der Waals surface area contributed by atoms with Gasteiger partial charge in [-0.3, -0.25) is 9.89 Å². The molecule has 0 saturated heterocycles. The molecule has 0 fully saturated rings. The van der Waals surface area contributed by atoms with Crippen molar-refractivity contribution in [2.75, 3.05) is 5.32 Å².